The van der Waals surface area contributed by atoms with E-state index in [1.165, 1.54) is 5.75 Å². The maximum Gasteiger partial charge on any atom is 0.0999 e. The van der Waals surface area contributed by atoms with E-state index < -0.39 is 0 Å². The van der Waals surface area contributed by atoms with Crippen molar-refractivity contribution in [3.8, 4) is 0 Å². The second-order valence-corrected chi connectivity index (χ2v) is 4.57. The van der Waals surface area contributed by atoms with Crippen molar-refractivity contribution < 1.29 is 4.74 Å². The van der Waals surface area contributed by atoms with Crippen LogP contribution in [0.15, 0.2) is 0 Å². The van der Waals surface area contributed by atoms with Gasteiger partial charge in [0.2, 0.25) is 0 Å². The fraction of sp³-hybridized carbons (Fsp3) is 1.00. The first-order valence-corrected chi connectivity index (χ1v) is 4.98. The van der Waals surface area contributed by atoms with Gasteiger partial charge in [-0.25, -0.2) is 0 Å². The van der Waals surface area contributed by atoms with Crippen LogP contribution >= 0.6 is 11.8 Å². The third-order valence-corrected chi connectivity index (χ3v) is 3.26. The second kappa shape index (κ2) is 3.63. The SMILES string of the molecule is CC(C)[C@@H]1CO[C@H](C)SC1. The molecule has 0 bridgehead atoms. The number of thioether (sulfide) groups is 1. The molecule has 1 fully saturated rings. The molecule has 1 aliphatic rings. The van der Waals surface area contributed by atoms with Crippen LogP contribution in [0.25, 0.3) is 0 Å². The Morgan fingerprint density at radius 3 is 2.60 bits per heavy atom. The molecule has 2 heteroatoms. The second-order valence-electron chi connectivity index (χ2n) is 3.24. The van der Waals surface area contributed by atoms with Gasteiger partial charge in [-0.15, -0.1) is 11.8 Å². The Bertz CT molecular complexity index is 95.4. The van der Waals surface area contributed by atoms with Crippen LogP contribution in [-0.4, -0.2) is 17.8 Å². The highest BCUT2D eigenvalue weighted by Gasteiger charge is 2.21. The van der Waals surface area contributed by atoms with E-state index in [0.717, 1.165) is 18.4 Å². The molecule has 1 aliphatic heterocycles. The zero-order valence-corrected chi connectivity index (χ0v) is 7.78. The van der Waals surface area contributed by atoms with E-state index in [2.05, 4.69) is 20.8 Å². The molecule has 2 atom stereocenters. The van der Waals surface area contributed by atoms with Gasteiger partial charge in [0, 0.05) is 5.75 Å². The smallest absolute Gasteiger partial charge is 0.0999 e. The van der Waals surface area contributed by atoms with Gasteiger partial charge in [-0.3, -0.25) is 0 Å². The van der Waals surface area contributed by atoms with Crippen LogP contribution in [0, 0.1) is 11.8 Å². The van der Waals surface area contributed by atoms with Gasteiger partial charge in [-0.05, 0) is 18.8 Å². The first-order chi connectivity index (χ1) is 4.70. The molecule has 0 saturated carbocycles. The molecule has 60 valence electrons. The minimum absolute atomic E-state index is 0.426. The van der Waals surface area contributed by atoms with Gasteiger partial charge in [-0.2, -0.15) is 0 Å². The lowest BCUT2D eigenvalue weighted by Gasteiger charge is -2.28. The van der Waals surface area contributed by atoms with Crippen LogP contribution in [0.1, 0.15) is 20.8 Å². The van der Waals surface area contributed by atoms with E-state index in [1.807, 2.05) is 11.8 Å². The average molecular weight is 160 g/mol. The third-order valence-electron chi connectivity index (χ3n) is 2.03. The van der Waals surface area contributed by atoms with Gasteiger partial charge in [0.15, 0.2) is 0 Å². The van der Waals surface area contributed by atoms with E-state index in [9.17, 15) is 0 Å². The highest BCUT2D eigenvalue weighted by Crippen LogP contribution is 2.27. The Labute approximate surface area is 67.5 Å². The normalized spacial score (nSPS) is 34.8. The van der Waals surface area contributed by atoms with Gasteiger partial charge in [0.1, 0.15) is 0 Å². The Morgan fingerprint density at radius 2 is 2.20 bits per heavy atom. The molecule has 0 N–H and O–H groups in total. The summed E-state index contributed by atoms with van der Waals surface area (Å²) in [4.78, 5) is 0. The summed E-state index contributed by atoms with van der Waals surface area (Å²) in [6, 6.07) is 0. The van der Waals surface area contributed by atoms with Crippen LogP contribution in [0.5, 0.6) is 0 Å². The van der Waals surface area contributed by atoms with Crippen molar-refractivity contribution in [2.24, 2.45) is 11.8 Å². The van der Waals surface area contributed by atoms with Crippen molar-refractivity contribution in [1.29, 1.82) is 0 Å². The molecule has 0 amide bonds. The van der Waals surface area contributed by atoms with Gasteiger partial charge < -0.3 is 4.74 Å². The molecule has 1 nitrogen and oxygen atoms in total. The van der Waals surface area contributed by atoms with Gasteiger partial charge in [0.25, 0.3) is 0 Å². The van der Waals surface area contributed by atoms with Gasteiger partial charge >= 0.3 is 0 Å². The van der Waals surface area contributed by atoms with Crippen molar-refractivity contribution in [2.75, 3.05) is 12.4 Å². The molecular weight excluding hydrogens is 144 g/mol. The molecule has 1 rings (SSSR count). The summed E-state index contributed by atoms with van der Waals surface area (Å²) in [6.45, 7) is 7.63. The van der Waals surface area contributed by atoms with Crippen molar-refractivity contribution in [2.45, 2.75) is 26.2 Å². The topological polar surface area (TPSA) is 9.23 Å². The van der Waals surface area contributed by atoms with E-state index in [-0.39, 0.29) is 0 Å². The van der Waals surface area contributed by atoms with Crippen LogP contribution in [0.3, 0.4) is 0 Å². The molecule has 0 spiro atoms. The van der Waals surface area contributed by atoms with Crippen LogP contribution < -0.4 is 0 Å². The standard InChI is InChI=1S/C8H16OS/c1-6(2)8-4-9-7(3)10-5-8/h6-8H,4-5H2,1-3H3/t7-,8+/m0/s1. The summed E-state index contributed by atoms with van der Waals surface area (Å²) in [5.41, 5.74) is 0.426. The lowest BCUT2D eigenvalue weighted by atomic mass is 9.99. The maximum absolute atomic E-state index is 5.51. The largest absolute Gasteiger partial charge is 0.368 e. The third kappa shape index (κ3) is 2.17. The monoisotopic (exact) mass is 160 g/mol. The molecule has 0 radical (unpaired) electrons. The van der Waals surface area contributed by atoms with Crippen LogP contribution in [0.4, 0.5) is 0 Å². The highest BCUT2D eigenvalue weighted by atomic mass is 32.2. The molecular formula is C8H16OS. The lowest BCUT2D eigenvalue weighted by Crippen LogP contribution is -2.26. The van der Waals surface area contributed by atoms with Crippen molar-refractivity contribution in [3.63, 3.8) is 0 Å². The molecule has 1 saturated heterocycles. The summed E-state index contributed by atoms with van der Waals surface area (Å²) < 4.78 is 5.51. The number of rotatable bonds is 1. The van der Waals surface area contributed by atoms with Crippen LogP contribution in [0.2, 0.25) is 0 Å². The highest BCUT2D eigenvalue weighted by molar-refractivity contribution is 7.99. The summed E-state index contributed by atoms with van der Waals surface area (Å²) in [7, 11) is 0. The van der Waals surface area contributed by atoms with Gasteiger partial charge in [0.05, 0.1) is 12.0 Å². The quantitative estimate of drug-likeness (QED) is 0.582. The molecule has 0 aromatic heterocycles. The summed E-state index contributed by atoms with van der Waals surface area (Å²) in [5, 5.41) is 0. The number of hydrogen-bond acceptors (Lipinski definition) is 2. The number of ether oxygens (including phenoxy) is 1. The van der Waals surface area contributed by atoms with Crippen molar-refractivity contribution in [1.82, 2.24) is 0 Å². The predicted octanol–water partition coefficient (Wildman–Crippen LogP) is 2.37. The first-order valence-electron chi connectivity index (χ1n) is 3.93. The zero-order chi connectivity index (χ0) is 7.56. The van der Waals surface area contributed by atoms with Crippen molar-refractivity contribution in [3.05, 3.63) is 0 Å². The molecule has 0 aromatic carbocycles. The molecule has 0 unspecified atom stereocenters. The number of hydrogen-bond donors (Lipinski definition) is 0. The Balaban J connectivity index is 2.26. The Hall–Kier alpha value is 0.310. The molecule has 0 aliphatic carbocycles. The molecule has 0 aromatic rings. The van der Waals surface area contributed by atoms with E-state index in [4.69, 9.17) is 4.74 Å². The summed E-state index contributed by atoms with van der Waals surface area (Å²) in [5.74, 6) is 2.83. The molecule has 10 heavy (non-hydrogen) atoms. The Kier molecular flexibility index (Phi) is 3.05. The summed E-state index contributed by atoms with van der Waals surface area (Å²) >= 11 is 1.93. The van der Waals surface area contributed by atoms with E-state index >= 15 is 0 Å². The predicted molar refractivity (Wildman–Crippen MR) is 46.2 cm³/mol. The average Bonchev–Trinajstić information content (AvgIpc) is 1.88. The van der Waals surface area contributed by atoms with Gasteiger partial charge in [-0.1, -0.05) is 13.8 Å². The maximum atomic E-state index is 5.51. The fourth-order valence-corrected chi connectivity index (χ4v) is 2.17. The zero-order valence-electron chi connectivity index (χ0n) is 6.96. The lowest BCUT2D eigenvalue weighted by molar-refractivity contribution is 0.0718. The first kappa shape index (κ1) is 8.41. The Morgan fingerprint density at radius 1 is 1.50 bits per heavy atom. The minimum Gasteiger partial charge on any atom is -0.368 e. The summed E-state index contributed by atoms with van der Waals surface area (Å²) in [6.07, 6.45) is 0. The van der Waals surface area contributed by atoms with E-state index in [0.29, 0.717) is 5.44 Å². The van der Waals surface area contributed by atoms with Crippen LogP contribution in [-0.2, 0) is 4.74 Å². The minimum atomic E-state index is 0.426. The fourth-order valence-electron chi connectivity index (χ4n) is 0.999. The van der Waals surface area contributed by atoms with Crippen molar-refractivity contribution >= 4 is 11.8 Å². The van der Waals surface area contributed by atoms with E-state index in [1.54, 1.807) is 0 Å². The molecule has 1 heterocycles.